The van der Waals surface area contributed by atoms with Gasteiger partial charge in [-0.2, -0.15) is 0 Å². The van der Waals surface area contributed by atoms with Crippen LogP contribution in [0.2, 0.25) is 5.02 Å². The maximum absolute atomic E-state index is 12.1. The summed E-state index contributed by atoms with van der Waals surface area (Å²) in [6.45, 7) is 1.26. The van der Waals surface area contributed by atoms with Crippen molar-refractivity contribution in [1.82, 2.24) is 10.2 Å². The van der Waals surface area contributed by atoms with Gasteiger partial charge in [-0.25, -0.2) is 4.79 Å². The average Bonchev–Trinajstić information content (AvgIpc) is 2.71. The Kier molecular flexibility index (Phi) is 5.67. The van der Waals surface area contributed by atoms with E-state index in [1.165, 1.54) is 0 Å². The lowest BCUT2D eigenvalue weighted by atomic mass is 10.0. The van der Waals surface area contributed by atoms with Gasteiger partial charge < -0.3 is 14.6 Å². The van der Waals surface area contributed by atoms with Gasteiger partial charge in [0.05, 0.1) is 0 Å². The predicted molar refractivity (Wildman–Crippen MR) is 120 cm³/mol. The van der Waals surface area contributed by atoms with Crippen LogP contribution in [-0.2, 0) is 6.54 Å². The van der Waals surface area contributed by atoms with Gasteiger partial charge in [0.25, 0.3) is 0 Å². The summed E-state index contributed by atoms with van der Waals surface area (Å²) in [4.78, 5) is 14.2. The van der Waals surface area contributed by atoms with Crippen molar-refractivity contribution in [3.05, 3.63) is 93.3 Å². The first-order chi connectivity index (χ1) is 14.0. The molecule has 5 heteroatoms. The van der Waals surface area contributed by atoms with Gasteiger partial charge in [-0.15, -0.1) is 0 Å². The molecule has 0 saturated heterocycles. The monoisotopic (exact) mass is 406 g/mol. The first-order valence-electron chi connectivity index (χ1n) is 9.60. The van der Waals surface area contributed by atoms with E-state index in [1.807, 2.05) is 56.6 Å². The summed E-state index contributed by atoms with van der Waals surface area (Å²) in [5.41, 5.74) is 2.29. The van der Waals surface area contributed by atoms with Gasteiger partial charge in [-0.05, 0) is 48.1 Å². The van der Waals surface area contributed by atoms with Gasteiger partial charge in [-0.1, -0.05) is 60.1 Å². The topological polar surface area (TPSA) is 45.5 Å². The minimum absolute atomic E-state index is 0.117. The van der Waals surface area contributed by atoms with Gasteiger partial charge in [0.1, 0.15) is 5.58 Å². The maximum atomic E-state index is 12.1. The zero-order valence-corrected chi connectivity index (χ0v) is 17.2. The Morgan fingerprint density at radius 2 is 1.79 bits per heavy atom. The molecule has 4 rings (SSSR count). The Balaban J connectivity index is 1.65. The molecule has 0 aliphatic carbocycles. The maximum Gasteiger partial charge on any atom is 0.336 e. The summed E-state index contributed by atoms with van der Waals surface area (Å²) in [6.07, 6.45) is 0. The number of likely N-dealkylation sites (N-methyl/N-ethyl adjacent to an activating group) is 1. The molecular weight excluding hydrogens is 384 g/mol. The molecule has 0 unspecified atom stereocenters. The van der Waals surface area contributed by atoms with Gasteiger partial charge in [0.2, 0.25) is 0 Å². The molecule has 0 saturated carbocycles. The summed E-state index contributed by atoms with van der Waals surface area (Å²) in [5.74, 6) is 0. The SMILES string of the molecule is CN(C)[C@H](CNCc1cc(=O)oc2ccc3ccccc3c12)c1ccccc1Cl. The van der Waals surface area contributed by atoms with E-state index >= 15 is 0 Å². The highest BCUT2D eigenvalue weighted by molar-refractivity contribution is 6.31. The molecule has 0 aliphatic rings. The lowest BCUT2D eigenvalue weighted by Gasteiger charge is -2.26. The van der Waals surface area contributed by atoms with Crippen molar-refractivity contribution in [3.8, 4) is 0 Å². The lowest BCUT2D eigenvalue weighted by Crippen LogP contribution is -2.31. The molecule has 1 N–H and O–H groups in total. The number of nitrogens with one attached hydrogen (secondary N) is 1. The van der Waals surface area contributed by atoms with E-state index < -0.39 is 0 Å². The van der Waals surface area contributed by atoms with E-state index in [9.17, 15) is 4.79 Å². The molecule has 1 aromatic heterocycles. The number of hydrogen-bond acceptors (Lipinski definition) is 4. The second kappa shape index (κ2) is 8.37. The number of halogens is 1. The van der Waals surface area contributed by atoms with E-state index in [0.29, 0.717) is 18.7 Å². The van der Waals surface area contributed by atoms with Gasteiger partial charge in [0, 0.05) is 35.6 Å². The smallest absolute Gasteiger partial charge is 0.336 e. The third-order valence-corrected chi connectivity index (χ3v) is 5.60. The third kappa shape index (κ3) is 4.06. The van der Waals surface area contributed by atoms with Crippen LogP contribution in [0, 0.1) is 0 Å². The van der Waals surface area contributed by atoms with Gasteiger partial charge in [0.15, 0.2) is 0 Å². The fourth-order valence-corrected chi connectivity index (χ4v) is 4.08. The highest BCUT2D eigenvalue weighted by Crippen LogP contribution is 2.28. The largest absolute Gasteiger partial charge is 0.423 e. The van der Waals surface area contributed by atoms with Crippen LogP contribution in [0.4, 0.5) is 0 Å². The van der Waals surface area contributed by atoms with Crippen LogP contribution >= 0.6 is 11.6 Å². The third-order valence-electron chi connectivity index (χ3n) is 5.26. The van der Waals surface area contributed by atoms with Crippen LogP contribution in [0.5, 0.6) is 0 Å². The van der Waals surface area contributed by atoms with Crippen molar-refractivity contribution >= 4 is 33.3 Å². The van der Waals surface area contributed by atoms with Crippen molar-refractivity contribution in [2.45, 2.75) is 12.6 Å². The lowest BCUT2D eigenvalue weighted by molar-refractivity contribution is 0.288. The molecule has 0 aliphatic heterocycles. The van der Waals surface area contributed by atoms with Crippen molar-refractivity contribution in [3.63, 3.8) is 0 Å². The molecule has 4 nitrogen and oxygen atoms in total. The highest BCUT2D eigenvalue weighted by atomic mass is 35.5. The van der Waals surface area contributed by atoms with Crippen molar-refractivity contribution in [1.29, 1.82) is 0 Å². The van der Waals surface area contributed by atoms with Crippen molar-refractivity contribution in [2.24, 2.45) is 0 Å². The summed E-state index contributed by atoms with van der Waals surface area (Å²) in [6, 6.07) is 21.6. The summed E-state index contributed by atoms with van der Waals surface area (Å²) in [7, 11) is 4.07. The van der Waals surface area contributed by atoms with E-state index in [-0.39, 0.29) is 11.7 Å². The van der Waals surface area contributed by atoms with E-state index in [1.54, 1.807) is 6.07 Å². The average molecular weight is 407 g/mol. The Labute approximate surface area is 174 Å². The Morgan fingerprint density at radius 1 is 1.03 bits per heavy atom. The molecule has 148 valence electrons. The highest BCUT2D eigenvalue weighted by Gasteiger charge is 2.17. The molecule has 0 radical (unpaired) electrons. The Hall–Kier alpha value is -2.66. The molecule has 1 atom stereocenters. The molecule has 4 aromatic rings. The number of nitrogens with zero attached hydrogens (tertiary/aromatic N) is 1. The number of fused-ring (bicyclic) bond motifs is 3. The first kappa shape index (κ1) is 19.6. The van der Waals surface area contributed by atoms with E-state index in [0.717, 1.165) is 32.3 Å². The molecule has 0 spiro atoms. The van der Waals surface area contributed by atoms with Gasteiger partial charge >= 0.3 is 5.63 Å². The summed E-state index contributed by atoms with van der Waals surface area (Å²) < 4.78 is 5.45. The standard InChI is InChI=1S/C24H23ClN2O2/c1-27(2)21(19-9-5-6-10-20(19)25)15-26-14-17-13-23(28)29-22-12-11-16-7-3-4-8-18(16)24(17)22/h3-13,21,26H,14-15H2,1-2H3/t21-/m1/s1. The molecule has 3 aromatic carbocycles. The van der Waals surface area contributed by atoms with Crippen LogP contribution in [0.1, 0.15) is 17.2 Å². The second-order valence-corrected chi connectivity index (χ2v) is 7.79. The molecule has 0 fully saturated rings. The van der Waals surface area contributed by atoms with Crippen molar-refractivity contribution < 1.29 is 4.42 Å². The zero-order valence-electron chi connectivity index (χ0n) is 16.5. The Morgan fingerprint density at radius 3 is 2.59 bits per heavy atom. The predicted octanol–water partition coefficient (Wildman–Crippen LogP) is 4.99. The normalized spacial score (nSPS) is 12.7. The van der Waals surface area contributed by atoms with E-state index in [2.05, 4.69) is 28.4 Å². The number of benzene rings is 3. The summed E-state index contributed by atoms with van der Waals surface area (Å²) in [5, 5.41) is 7.45. The fourth-order valence-electron chi connectivity index (χ4n) is 3.82. The van der Waals surface area contributed by atoms with Crippen LogP contribution in [-0.4, -0.2) is 25.5 Å². The Bertz CT molecular complexity index is 1220. The molecule has 0 bridgehead atoms. The minimum Gasteiger partial charge on any atom is -0.423 e. The van der Waals surface area contributed by atoms with Gasteiger partial charge in [-0.3, -0.25) is 0 Å². The van der Waals surface area contributed by atoms with Crippen LogP contribution in [0.25, 0.3) is 21.7 Å². The molecule has 29 heavy (non-hydrogen) atoms. The number of hydrogen-bond donors (Lipinski definition) is 1. The number of rotatable bonds is 6. The molecule has 0 amide bonds. The minimum atomic E-state index is -0.333. The first-order valence-corrected chi connectivity index (χ1v) is 9.98. The van der Waals surface area contributed by atoms with Crippen LogP contribution < -0.4 is 10.9 Å². The quantitative estimate of drug-likeness (QED) is 0.362. The summed E-state index contributed by atoms with van der Waals surface area (Å²) >= 11 is 6.42. The zero-order chi connectivity index (χ0) is 20.4. The van der Waals surface area contributed by atoms with Crippen LogP contribution in [0.15, 0.2) is 75.9 Å². The molecule has 1 heterocycles. The van der Waals surface area contributed by atoms with Crippen LogP contribution in [0.3, 0.4) is 0 Å². The van der Waals surface area contributed by atoms with Crippen molar-refractivity contribution in [2.75, 3.05) is 20.6 Å². The molecular formula is C24H23ClN2O2. The fraction of sp³-hybridized carbons (Fsp3) is 0.208. The second-order valence-electron chi connectivity index (χ2n) is 7.38. The van der Waals surface area contributed by atoms with E-state index in [4.69, 9.17) is 16.0 Å².